The minimum atomic E-state index is 0.267. The zero-order valence-electron chi connectivity index (χ0n) is 5.96. The van der Waals surface area contributed by atoms with Gasteiger partial charge in [-0.25, -0.2) is 4.85 Å². The molecule has 3 heteroatoms. The van der Waals surface area contributed by atoms with E-state index in [1.807, 2.05) is 13.8 Å². The standard InChI is InChI=1S/C7H8N2O/c1-5(2)7-6(8-3)4-10-9-7/h4-5H,1-2H3. The first-order valence-electron chi connectivity index (χ1n) is 3.07. The van der Waals surface area contributed by atoms with E-state index in [1.165, 1.54) is 6.26 Å². The largest absolute Gasteiger partial charge is 0.377 e. The summed E-state index contributed by atoms with van der Waals surface area (Å²) in [5.41, 5.74) is 1.27. The first-order chi connectivity index (χ1) is 4.75. The third kappa shape index (κ3) is 1.01. The first kappa shape index (κ1) is 6.81. The monoisotopic (exact) mass is 136 g/mol. The second-order valence-corrected chi connectivity index (χ2v) is 2.35. The quantitative estimate of drug-likeness (QED) is 0.555. The second-order valence-electron chi connectivity index (χ2n) is 2.35. The third-order valence-corrected chi connectivity index (χ3v) is 1.25. The highest BCUT2D eigenvalue weighted by Gasteiger charge is 2.09. The smallest absolute Gasteiger partial charge is 0.248 e. The van der Waals surface area contributed by atoms with E-state index in [2.05, 4.69) is 14.5 Å². The summed E-state index contributed by atoms with van der Waals surface area (Å²) in [5, 5.41) is 3.70. The van der Waals surface area contributed by atoms with Crippen LogP contribution in [0.25, 0.3) is 4.85 Å². The van der Waals surface area contributed by atoms with Crippen LogP contribution in [0, 0.1) is 6.57 Å². The third-order valence-electron chi connectivity index (χ3n) is 1.25. The molecule has 0 saturated heterocycles. The number of aromatic nitrogens is 1. The lowest BCUT2D eigenvalue weighted by Gasteiger charge is -1.95. The van der Waals surface area contributed by atoms with Gasteiger partial charge in [-0.3, -0.25) is 0 Å². The van der Waals surface area contributed by atoms with Crippen LogP contribution in [0.1, 0.15) is 25.5 Å². The molecule has 0 atom stereocenters. The van der Waals surface area contributed by atoms with Gasteiger partial charge in [0.2, 0.25) is 5.69 Å². The van der Waals surface area contributed by atoms with E-state index in [4.69, 9.17) is 6.57 Å². The summed E-state index contributed by atoms with van der Waals surface area (Å²) < 4.78 is 4.63. The van der Waals surface area contributed by atoms with Gasteiger partial charge in [0.05, 0.1) is 12.3 Å². The molecule has 0 N–H and O–H groups in total. The van der Waals surface area contributed by atoms with Crippen molar-refractivity contribution in [1.82, 2.24) is 5.16 Å². The molecule has 0 aliphatic heterocycles. The average Bonchev–Trinajstić information content (AvgIpc) is 2.33. The molecule has 3 nitrogen and oxygen atoms in total. The molecule has 0 aliphatic rings. The molecule has 52 valence electrons. The second kappa shape index (κ2) is 2.53. The fourth-order valence-electron chi connectivity index (χ4n) is 0.725. The van der Waals surface area contributed by atoms with E-state index >= 15 is 0 Å². The van der Waals surface area contributed by atoms with Crippen molar-refractivity contribution in [2.24, 2.45) is 0 Å². The molecule has 0 spiro atoms. The molecule has 0 saturated carbocycles. The predicted octanol–water partition coefficient (Wildman–Crippen LogP) is 2.35. The van der Waals surface area contributed by atoms with E-state index < -0.39 is 0 Å². The number of hydrogen-bond acceptors (Lipinski definition) is 2. The molecule has 0 aliphatic carbocycles. The van der Waals surface area contributed by atoms with E-state index in [1.54, 1.807) is 0 Å². The SMILES string of the molecule is [C-]#[N+]c1conc1C(C)C. The minimum absolute atomic E-state index is 0.267. The molecule has 1 aromatic heterocycles. The van der Waals surface area contributed by atoms with Gasteiger partial charge in [0.25, 0.3) is 0 Å². The van der Waals surface area contributed by atoms with Crippen LogP contribution in [0.15, 0.2) is 10.8 Å². The maximum atomic E-state index is 6.72. The highest BCUT2D eigenvalue weighted by Crippen LogP contribution is 2.24. The van der Waals surface area contributed by atoms with Crippen LogP contribution in [-0.4, -0.2) is 5.16 Å². The first-order valence-corrected chi connectivity index (χ1v) is 3.07. The Morgan fingerprint density at radius 2 is 2.40 bits per heavy atom. The molecule has 0 bridgehead atoms. The van der Waals surface area contributed by atoms with Gasteiger partial charge >= 0.3 is 0 Å². The van der Waals surface area contributed by atoms with Gasteiger partial charge in [-0.05, 0) is 5.92 Å². The Morgan fingerprint density at radius 1 is 1.70 bits per heavy atom. The molecule has 1 rings (SSSR count). The van der Waals surface area contributed by atoms with Crippen molar-refractivity contribution < 1.29 is 4.52 Å². The van der Waals surface area contributed by atoms with E-state index in [0.717, 1.165) is 5.69 Å². The Balaban J connectivity index is 3.05. The van der Waals surface area contributed by atoms with Crippen LogP contribution < -0.4 is 0 Å². The van der Waals surface area contributed by atoms with Gasteiger partial charge < -0.3 is 4.52 Å². The molecule has 1 aromatic rings. The zero-order chi connectivity index (χ0) is 7.56. The Hall–Kier alpha value is -1.30. The molecular formula is C7H8N2O. The fraction of sp³-hybridized carbons (Fsp3) is 0.429. The van der Waals surface area contributed by atoms with Crippen LogP contribution in [0.3, 0.4) is 0 Å². The maximum absolute atomic E-state index is 6.72. The van der Waals surface area contributed by atoms with Crippen LogP contribution in [-0.2, 0) is 0 Å². The van der Waals surface area contributed by atoms with Gasteiger partial charge in [0, 0.05) is 0 Å². The molecule has 1 heterocycles. The maximum Gasteiger partial charge on any atom is 0.248 e. The summed E-state index contributed by atoms with van der Waals surface area (Å²) in [6.07, 6.45) is 1.38. The average molecular weight is 136 g/mol. The molecule has 0 amide bonds. The molecule has 0 aromatic carbocycles. The molecule has 0 radical (unpaired) electrons. The Bertz CT molecular complexity index is 257. The van der Waals surface area contributed by atoms with Gasteiger partial charge in [-0.2, -0.15) is 0 Å². The van der Waals surface area contributed by atoms with Crippen molar-refractivity contribution in [3.8, 4) is 0 Å². The van der Waals surface area contributed by atoms with Crippen molar-refractivity contribution in [3.63, 3.8) is 0 Å². The van der Waals surface area contributed by atoms with Gasteiger partial charge in [0.1, 0.15) is 6.26 Å². The van der Waals surface area contributed by atoms with Gasteiger partial charge in [-0.1, -0.05) is 19.0 Å². The van der Waals surface area contributed by atoms with E-state index in [0.29, 0.717) is 5.69 Å². The molecule has 0 unspecified atom stereocenters. The topological polar surface area (TPSA) is 30.4 Å². The van der Waals surface area contributed by atoms with Crippen molar-refractivity contribution in [1.29, 1.82) is 0 Å². The van der Waals surface area contributed by atoms with E-state index in [9.17, 15) is 0 Å². The van der Waals surface area contributed by atoms with Crippen molar-refractivity contribution in [3.05, 3.63) is 23.4 Å². The van der Waals surface area contributed by atoms with Crippen molar-refractivity contribution >= 4 is 5.69 Å². The lowest BCUT2D eigenvalue weighted by Crippen LogP contribution is -1.85. The molecule has 10 heavy (non-hydrogen) atoms. The Labute approximate surface area is 59.5 Å². The lowest BCUT2D eigenvalue weighted by molar-refractivity contribution is 0.408. The Morgan fingerprint density at radius 3 is 2.80 bits per heavy atom. The number of rotatable bonds is 1. The highest BCUT2D eigenvalue weighted by molar-refractivity contribution is 5.46. The molecule has 0 fully saturated rings. The summed E-state index contributed by atoms with van der Waals surface area (Å²) in [6.45, 7) is 10.7. The zero-order valence-corrected chi connectivity index (χ0v) is 5.96. The van der Waals surface area contributed by atoms with Crippen LogP contribution in [0.5, 0.6) is 0 Å². The van der Waals surface area contributed by atoms with Gasteiger partial charge in [-0.15, -0.1) is 0 Å². The fourth-order valence-corrected chi connectivity index (χ4v) is 0.725. The highest BCUT2D eigenvalue weighted by atomic mass is 16.5. The van der Waals surface area contributed by atoms with Crippen molar-refractivity contribution in [2.45, 2.75) is 19.8 Å². The predicted molar refractivity (Wildman–Crippen MR) is 36.9 cm³/mol. The van der Waals surface area contributed by atoms with E-state index in [-0.39, 0.29) is 5.92 Å². The number of hydrogen-bond donors (Lipinski definition) is 0. The normalized spacial score (nSPS) is 9.80. The Kier molecular flexibility index (Phi) is 1.72. The minimum Gasteiger partial charge on any atom is -0.377 e. The molecular weight excluding hydrogens is 128 g/mol. The van der Waals surface area contributed by atoms with Crippen LogP contribution >= 0.6 is 0 Å². The lowest BCUT2D eigenvalue weighted by atomic mass is 10.1. The summed E-state index contributed by atoms with van der Waals surface area (Å²) in [6, 6.07) is 0. The van der Waals surface area contributed by atoms with Crippen LogP contribution in [0.4, 0.5) is 5.69 Å². The summed E-state index contributed by atoms with van der Waals surface area (Å²) in [5.74, 6) is 0.267. The summed E-state index contributed by atoms with van der Waals surface area (Å²) in [7, 11) is 0. The van der Waals surface area contributed by atoms with Gasteiger partial charge in [0.15, 0.2) is 0 Å². The van der Waals surface area contributed by atoms with Crippen molar-refractivity contribution in [2.75, 3.05) is 0 Å². The van der Waals surface area contributed by atoms with Crippen LogP contribution in [0.2, 0.25) is 0 Å². The number of nitrogens with zero attached hydrogens (tertiary/aromatic N) is 2. The summed E-state index contributed by atoms with van der Waals surface area (Å²) in [4.78, 5) is 3.25. The summed E-state index contributed by atoms with van der Waals surface area (Å²) >= 11 is 0.